The first-order valence-corrected chi connectivity index (χ1v) is 3.93. The van der Waals surface area contributed by atoms with Gasteiger partial charge in [-0.1, -0.05) is 24.3 Å². The Bertz CT molecular complexity index is 299. The zero-order valence-corrected chi connectivity index (χ0v) is 7.12. The molecule has 0 saturated carbocycles. The molecule has 0 radical (unpaired) electrons. The van der Waals surface area contributed by atoms with Crippen molar-refractivity contribution in [3.63, 3.8) is 0 Å². The van der Waals surface area contributed by atoms with Gasteiger partial charge in [0.05, 0.1) is 12.1 Å². The van der Waals surface area contributed by atoms with Gasteiger partial charge in [-0.15, -0.1) is 0 Å². The fourth-order valence-corrected chi connectivity index (χ4v) is 1.12. The lowest BCUT2D eigenvalue weighted by Gasteiger charge is -2.05. The van der Waals surface area contributed by atoms with Crippen molar-refractivity contribution in [3.05, 3.63) is 35.4 Å². The lowest BCUT2D eigenvalue weighted by Crippen LogP contribution is -2.20. The van der Waals surface area contributed by atoms with E-state index in [-0.39, 0.29) is 6.04 Å². The molecule has 1 aromatic rings. The number of nitriles is 1. The van der Waals surface area contributed by atoms with Gasteiger partial charge >= 0.3 is 0 Å². The first-order valence-electron chi connectivity index (χ1n) is 3.93. The zero-order chi connectivity index (χ0) is 8.97. The normalized spacial score (nSPS) is 12.1. The van der Waals surface area contributed by atoms with E-state index >= 15 is 0 Å². The van der Waals surface area contributed by atoms with E-state index in [1.54, 1.807) is 0 Å². The van der Waals surface area contributed by atoms with E-state index in [2.05, 4.69) is 0 Å². The van der Waals surface area contributed by atoms with E-state index in [0.717, 1.165) is 5.56 Å². The van der Waals surface area contributed by atoms with Crippen molar-refractivity contribution in [2.45, 2.75) is 19.4 Å². The lowest BCUT2D eigenvalue weighted by atomic mass is 10.0. The summed E-state index contributed by atoms with van der Waals surface area (Å²) in [6.07, 6.45) is 0.642. The van der Waals surface area contributed by atoms with Crippen molar-refractivity contribution in [3.8, 4) is 6.07 Å². The first-order chi connectivity index (χ1) is 5.74. The van der Waals surface area contributed by atoms with Crippen molar-refractivity contribution in [1.29, 1.82) is 5.26 Å². The minimum Gasteiger partial charge on any atom is -0.316 e. The average molecular weight is 160 g/mol. The number of benzene rings is 1. The summed E-state index contributed by atoms with van der Waals surface area (Å²) in [5.41, 5.74) is 7.87. The number of aryl methyl sites for hydroxylation is 1. The van der Waals surface area contributed by atoms with Crippen molar-refractivity contribution in [2.75, 3.05) is 0 Å². The van der Waals surface area contributed by atoms with Crippen LogP contribution in [0.25, 0.3) is 0 Å². The molecule has 2 N–H and O–H groups in total. The Hall–Kier alpha value is -1.33. The van der Waals surface area contributed by atoms with Crippen LogP contribution in [0.2, 0.25) is 0 Å². The minimum absolute atomic E-state index is 0.383. The van der Waals surface area contributed by atoms with Crippen LogP contribution in [0.15, 0.2) is 24.3 Å². The van der Waals surface area contributed by atoms with Gasteiger partial charge in [-0.25, -0.2) is 0 Å². The third-order valence-electron chi connectivity index (χ3n) is 1.87. The summed E-state index contributed by atoms with van der Waals surface area (Å²) in [5, 5.41) is 8.51. The van der Waals surface area contributed by atoms with Crippen LogP contribution in [-0.2, 0) is 6.42 Å². The molecule has 2 heteroatoms. The molecule has 0 spiro atoms. The highest BCUT2D eigenvalue weighted by atomic mass is 14.6. The van der Waals surface area contributed by atoms with Gasteiger partial charge in [0.2, 0.25) is 0 Å². The Morgan fingerprint density at radius 3 is 2.75 bits per heavy atom. The summed E-state index contributed by atoms with van der Waals surface area (Å²) in [4.78, 5) is 0. The van der Waals surface area contributed by atoms with Gasteiger partial charge in [-0.3, -0.25) is 0 Å². The van der Waals surface area contributed by atoms with E-state index in [9.17, 15) is 0 Å². The number of hydrogen-bond acceptors (Lipinski definition) is 2. The predicted octanol–water partition coefficient (Wildman–Crippen LogP) is 1.39. The maximum atomic E-state index is 8.51. The van der Waals surface area contributed by atoms with Gasteiger partial charge in [-0.05, 0) is 18.1 Å². The lowest BCUT2D eigenvalue weighted by molar-refractivity contribution is 0.818. The third-order valence-corrected chi connectivity index (χ3v) is 1.87. The van der Waals surface area contributed by atoms with E-state index in [1.165, 1.54) is 5.56 Å². The minimum atomic E-state index is -0.383. The van der Waals surface area contributed by atoms with Crippen LogP contribution in [0.1, 0.15) is 11.1 Å². The highest BCUT2D eigenvalue weighted by molar-refractivity contribution is 5.27. The van der Waals surface area contributed by atoms with Gasteiger partial charge in [0.15, 0.2) is 0 Å². The predicted molar refractivity (Wildman–Crippen MR) is 48.5 cm³/mol. The third kappa shape index (κ3) is 2.08. The fraction of sp³-hybridized carbons (Fsp3) is 0.300. The summed E-state index contributed by atoms with van der Waals surface area (Å²) < 4.78 is 0. The van der Waals surface area contributed by atoms with Crippen LogP contribution in [0.3, 0.4) is 0 Å². The highest BCUT2D eigenvalue weighted by Gasteiger charge is 2.03. The number of hydrogen-bond donors (Lipinski definition) is 1. The van der Waals surface area contributed by atoms with E-state index in [4.69, 9.17) is 11.0 Å². The van der Waals surface area contributed by atoms with Crippen LogP contribution in [0.5, 0.6) is 0 Å². The molecule has 0 fully saturated rings. The molecule has 0 aliphatic heterocycles. The monoisotopic (exact) mass is 160 g/mol. The molecule has 0 heterocycles. The largest absolute Gasteiger partial charge is 0.316 e. The van der Waals surface area contributed by atoms with Gasteiger partial charge in [0.25, 0.3) is 0 Å². The molecule has 0 saturated heterocycles. The van der Waals surface area contributed by atoms with Crippen molar-refractivity contribution >= 4 is 0 Å². The van der Waals surface area contributed by atoms with Gasteiger partial charge in [0, 0.05) is 6.42 Å². The molecule has 1 atom stereocenters. The molecule has 1 aromatic carbocycles. The molecule has 0 aliphatic rings. The van der Waals surface area contributed by atoms with Gasteiger partial charge in [0.1, 0.15) is 0 Å². The standard InChI is InChI=1S/C10H12N2/c1-8-4-2-3-5-9(8)6-10(12)7-11/h2-5,10H,6,12H2,1H3. The molecular weight excluding hydrogens is 148 g/mol. The van der Waals surface area contributed by atoms with Crippen molar-refractivity contribution < 1.29 is 0 Å². The molecular formula is C10H12N2. The SMILES string of the molecule is Cc1ccccc1CC(N)C#N. The molecule has 0 bridgehead atoms. The Balaban J connectivity index is 2.77. The molecule has 0 aromatic heterocycles. The molecule has 1 unspecified atom stereocenters. The number of nitrogens with zero attached hydrogens (tertiary/aromatic N) is 1. The molecule has 0 aliphatic carbocycles. The second-order valence-corrected chi connectivity index (χ2v) is 2.87. The molecule has 12 heavy (non-hydrogen) atoms. The Morgan fingerprint density at radius 1 is 1.50 bits per heavy atom. The van der Waals surface area contributed by atoms with E-state index in [0.29, 0.717) is 6.42 Å². The summed E-state index contributed by atoms with van der Waals surface area (Å²) in [6.45, 7) is 2.03. The van der Waals surface area contributed by atoms with Gasteiger partial charge in [-0.2, -0.15) is 5.26 Å². The number of rotatable bonds is 2. The smallest absolute Gasteiger partial charge is 0.0968 e. The molecule has 1 rings (SSSR count). The Labute approximate surface area is 72.6 Å². The van der Waals surface area contributed by atoms with Crippen LogP contribution in [0, 0.1) is 18.3 Å². The fourth-order valence-electron chi connectivity index (χ4n) is 1.12. The van der Waals surface area contributed by atoms with E-state index < -0.39 is 0 Å². The van der Waals surface area contributed by atoms with E-state index in [1.807, 2.05) is 37.3 Å². The second kappa shape index (κ2) is 3.89. The second-order valence-electron chi connectivity index (χ2n) is 2.87. The highest BCUT2D eigenvalue weighted by Crippen LogP contribution is 2.08. The molecule has 0 amide bonds. The maximum absolute atomic E-state index is 8.51. The number of nitrogens with two attached hydrogens (primary N) is 1. The van der Waals surface area contributed by atoms with Crippen LogP contribution in [0.4, 0.5) is 0 Å². The first kappa shape index (κ1) is 8.76. The Kier molecular flexibility index (Phi) is 2.84. The van der Waals surface area contributed by atoms with Gasteiger partial charge < -0.3 is 5.73 Å². The molecule has 2 nitrogen and oxygen atoms in total. The Morgan fingerprint density at radius 2 is 2.17 bits per heavy atom. The van der Waals surface area contributed by atoms with Crippen molar-refractivity contribution in [2.24, 2.45) is 5.73 Å². The summed E-state index contributed by atoms with van der Waals surface area (Å²) in [7, 11) is 0. The van der Waals surface area contributed by atoms with Crippen LogP contribution >= 0.6 is 0 Å². The van der Waals surface area contributed by atoms with Crippen LogP contribution in [-0.4, -0.2) is 6.04 Å². The molecule has 62 valence electrons. The summed E-state index contributed by atoms with van der Waals surface area (Å²) in [5.74, 6) is 0. The zero-order valence-electron chi connectivity index (χ0n) is 7.12. The van der Waals surface area contributed by atoms with Crippen LogP contribution < -0.4 is 5.73 Å². The topological polar surface area (TPSA) is 49.8 Å². The summed E-state index contributed by atoms with van der Waals surface area (Å²) >= 11 is 0. The summed E-state index contributed by atoms with van der Waals surface area (Å²) in [6, 6.07) is 9.62. The quantitative estimate of drug-likeness (QED) is 0.710. The average Bonchev–Trinajstić information content (AvgIpc) is 2.09. The maximum Gasteiger partial charge on any atom is 0.0968 e. The van der Waals surface area contributed by atoms with Crippen molar-refractivity contribution in [1.82, 2.24) is 0 Å².